The topological polar surface area (TPSA) is 81.0 Å². The monoisotopic (exact) mass is 320 g/mol. The van der Waals surface area contributed by atoms with E-state index in [1.54, 1.807) is 18.2 Å². The maximum absolute atomic E-state index is 10.8. The highest BCUT2D eigenvalue weighted by Gasteiger charge is 2.10. The number of nitrogens with zero attached hydrogens (tertiary/aromatic N) is 3. The summed E-state index contributed by atoms with van der Waals surface area (Å²) in [7, 11) is 0. The first-order valence-corrected chi connectivity index (χ1v) is 7.14. The van der Waals surface area contributed by atoms with Crippen LogP contribution in [0.1, 0.15) is 5.56 Å². The Hall–Kier alpha value is -2.25. The van der Waals surface area contributed by atoms with E-state index in [0.29, 0.717) is 22.8 Å². The van der Waals surface area contributed by atoms with Crippen molar-refractivity contribution in [3.63, 3.8) is 0 Å². The molecule has 1 N–H and O–H groups in total. The van der Waals surface area contributed by atoms with E-state index in [9.17, 15) is 10.1 Å². The molecule has 0 spiro atoms. The van der Waals surface area contributed by atoms with E-state index in [4.69, 9.17) is 11.6 Å². The summed E-state index contributed by atoms with van der Waals surface area (Å²) in [6.45, 7) is 0.415. The van der Waals surface area contributed by atoms with Gasteiger partial charge in [-0.25, -0.2) is 0 Å². The Bertz CT molecular complexity index is 821. The van der Waals surface area contributed by atoms with E-state index in [2.05, 4.69) is 14.1 Å². The molecule has 0 saturated heterocycles. The minimum atomic E-state index is -0.415. The molecule has 0 radical (unpaired) electrons. The number of nitro benzene ring substituents is 1. The van der Waals surface area contributed by atoms with Gasteiger partial charge in [-0.15, -0.1) is 0 Å². The minimum absolute atomic E-state index is 0.0638. The fourth-order valence-corrected chi connectivity index (χ4v) is 2.73. The van der Waals surface area contributed by atoms with Crippen molar-refractivity contribution < 1.29 is 4.92 Å². The molecule has 0 saturated carbocycles. The van der Waals surface area contributed by atoms with Crippen LogP contribution in [0, 0.1) is 10.1 Å². The van der Waals surface area contributed by atoms with E-state index >= 15 is 0 Å². The van der Waals surface area contributed by atoms with Crippen LogP contribution in [0.2, 0.25) is 5.02 Å². The average Bonchev–Trinajstić information content (AvgIpc) is 2.95. The van der Waals surface area contributed by atoms with Crippen molar-refractivity contribution in [1.82, 2.24) is 8.75 Å². The highest BCUT2D eigenvalue weighted by Crippen LogP contribution is 2.30. The molecule has 1 aromatic heterocycles. The van der Waals surface area contributed by atoms with Gasteiger partial charge in [-0.1, -0.05) is 23.7 Å². The Morgan fingerprint density at radius 3 is 2.95 bits per heavy atom. The van der Waals surface area contributed by atoms with Gasteiger partial charge >= 0.3 is 0 Å². The molecule has 0 aliphatic carbocycles. The van der Waals surface area contributed by atoms with E-state index in [1.165, 1.54) is 12.1 Å². The molecular formula is C13H9ClN4O2S. The van der Waals surface area contributed by atoms with Crippen molar-refractivity contribution in [2.45, 2.75) is 6.54 Å². The second-order valence-electron chi connectivity index (χ2n) is 4.33. The van der Waals surface area contributed by atoms with Crippen LogP contribution in [0.5, 0.6) is 0 Å². The quantitative estimate of drug-likeness (QED) is 0.583. The number of fused-ring (bicyclic) bond motifs is 1. The van der Waals surface area contributed by atoms with Gasteiger partial charge in [0, 0.05) is 18.7 Å². The fraction of sp³-hybridized carbons (Fsp3) is 0.0769. The van der Waals surface area contributed by atoms with Gasteiger partial charge in [0.25, 0.3) is 5.69 Å². The molecule has 21 heavy (non-hydrogen) atoms. The van der Waals surface area contributed by atoms with Crippen molar-refractivity contribution in [3.05, 3.63) is 57.1 Å². The molecule has 106 valence electrons. The number of anilines is 1. The highest BCUT2D eigenvalue weighted by atomic mass is 35.5. The standard InChI is InChI=1S/C13H9ClN4O2S/c14-10-4-5-11-13(17-21-16-11)12(10)15-7-8-2-1-3-9(6-8)18(19)20/h1-6,15H,7H2. The molecular weight excluding hydrogens is 312 g/mol. The third-order valence-electron chi connectivity index (χ3n) is 2.97. The summed E-state index contributed by atoms with van der Waals surface area (Å²) in [5, 5.41) is 14.5. The number of benzene rings is 2. The summed E-state index contributed by atoms with van der Waals surface area (Å²) in [6, 6.07) is 10.0. The first kappa shape index (κ1) is 13.7. The lowest BCUT2D eigenvalue weighted by molar-refractivity contribution is -0.384. The first-order chi connectivity index (χ1) is 10.1. The van der Waals surface area contributed by atoms with Crippen LogP contribution in [0.25, 0.3) is 11.0 Å². The normalized spacial score (nSPS) is 10.7. The molecule has 0 unspecified atom stereocenters. The summed E-state index contributed by atoms with van der Waals surface area (Å²) in [4.78, 5) is 10.4. The largest absolute Gasteiger partial charge is 0.378 e. The summed E-state index contributed by atoms with van der Waals surface area (Å²) in [5.74, 6) is 0. The van der Waals surface area contributed by atoms with Crippen molar-refractivity contribution in [3.8, 4) is 0 Å². The smallest absolute Gasteiger partial charge is 0.269 e. The van der Waals surface area contributed by atoms with Crippen molar-refractivity contribution in [2.75, 3.05) is 5.32 Å². The van der Waals surface area contributed by atoms with Crippen LogP contribution in [0.3, 0.4) is 0 Å². The molecule has 8 heteroatoms. The molecule has 6 nitrogen and oxygen atoms in total. The second-order valence-corrected chi connectivity index (χ2v) is 5.27. The minimum Gasteiger partial charge on any atom is -0.378 e. The molecule has 0 bridgehead atoms. The van der Waals surface area contributed by atoms with Crippen molar-refractivity contribution in [2.24, 2.45) is 0 Å². The van der Waals surface area contributed by atoms with Crippen LogP contribution < -0.4 is 5.32 Å². The Balaban J connectivity index is 1.86. The summed E-state index contributed by atoms with van der Waals surface area (Å²) < 4.78 is 8.37. The Morgan fingerprint density at radius 1 is 1.29 bits per heavy atom. The predicted octanol–water partition coefficient (Wildman–Crippen LogP) is 3.87. The summed E-state index contributed by atoms with van der Waals surface area (Å²) in [5.41, 5.74) is 3.02. The molecule has 3 rings (SSSR count). The van der Waals surface area contributed by atoms with Gasteiger partial charge < -0.3 is 5.32 Å². The van der Waals surface area contributed by atoms with E-state index < -0.39 is 4.92 Å². The third-order valence-corrected chi connectivity index (χ3v) is 3.83. The van der Waals surface area contributed by atoms with Crippen molar-refractivity contribution in [1.29, 1.82) is 0 Å². The number of aromatic nitrogens is 2. The second kappa shape index (κ2) is 5.63. The number of hydrogen-bond acceptors (Lipinski definition) is 6. The molecule has 0 aliphatic rings. The summed E-state index contributed by atoms with van der Waals surface area (Å²) in [6.07, 6.45) is 0. The van der Waals surface area contributed by atoms with E-state index in [-0.39, 0.29) is 5.69 Å². The van der Waals surface area contributed by atoms with E-state index in [1.807, 2.05) is 6.07 Å². The fourth-order valence-electron chi connectivity index (χ4n) is 1.97. The highest BCUT2D eigenvalue weighted by molar-refractivity contribution is 7.00. The van der Waals surface area contributed by atoms with Gasteiger partial charge in [0.1, 0.15) is 11.0 Å². The Morgan fingerprint density at radius 2 is 2.14 bits per heavy atom. The van der Waals surface area contributed by atoms with Crippen LogP contribution >= 0.6 is 23.3 Å². The van der Waals surface area contributed by atoms with Crippen LogP contribution in [0.15, 0.2) is 36.4 Å². The Kier molecular flexibility index (Phi) is 3.68. The maximum atomic E-state index is 10.8. The number of nitrogens with one attached hydrogen (secondary N) is 1. The molecule has 0 atom stereocenters. The van der Waals surface area contributed by atoms with E-state index in [0.717, 1.165) is 22.8 Å². The number of hydrogen-bond donors (Lipinski definition) is 1. The van der Waals surface area contributed by atoms with Gasteiger partial charge in [0.2, 0.25) is 0 Å². The lowest BCUT2D eigenvalue weighted by Gasteiger charge is -2.08. The summed E-state index contributed by atoms with van der Waals surface area (Å²) >= 11 is 7.29. The number of non-ortho nitro benzene ring substituents is 1. The molecule has 3 aromatic rings. The number of halogens is 1. The zero-order valence-corrected chi connectivity index (χ0v) is 12.2. The van der Waals surface area contributed by atoms with Crippen molar-refractivity contribution >= 4 is 45.7 Å². The lowest BCUT2D eigenvalue weighted by atomic mass is 10.2. The lowest BCUT2D eigenvalue weighted by Crippen LogP contribution is -2.01. The van der Waals surface area contributed by atoms with Gasteiger partial charge in [-0.2, -0.15) is 8.75 Å². The van der Waals surface area contributed by atoms with Gasteiger partial charge in [-0.05, 0) is 17.7 Å². The van der Waals surface area contributed by atoms with Crippen LogP contribution in [0.4, 0.5) is 11.4 Å². The zero-order valence-electron chi connectivity index (χ0n) is 10.6. The zero-order chi connectivity index (χ0) is 14.8. The third kappa shape index (κ3) is 2.79. The molecule has 0 amide bonds. The SMILES string of the molecule is O=[N+]([O-])c1cccc(CNc2c(Cl)ccc3nsnc23)c1. The van der Waals surface area contributed by atoms with Gasteiger partial charge in [0.05, 0.1) is 27.4 Å². The van der Waals surface area contributed by atoms with Crippen LogP contribution in [-0.2, 0) is 6.54 Å². The molecule has 0 aliphatic heterocycles. The van der Waals surface area contributed by atoms with Gasteiger partial charge in [-0.3, -0.25) is 10.1 Å². The Labute approximate surface area is 128 Å². The number of rotatable bonds is 4. The predicted molar refractivity (Wildman–Crippen MR) is 82.8 cm³/mol. The number of nitro groups is 1. The molecule has 0 fully saturated rings. The average molecular weight is 321 g/mol. The maximum Gasteiger partial charge on any atom is 0.269 e. The molecule has 1 heterocycles. The first-order valence-electron chi connectivity index (χ1n) is 6.03. The van der Waals surface area contributed by atoms with Crippen LogP contribution in [-0.4, -0.2) is 13.7 Å². The molecule has 2 aromatic carbocycles. The van der Waals surface area contributed by atoms with Gasteiger partial charge in [0.15, 0.2) is 0 Å².